The van der Waals surface area contributed by atoms with Crippen LogP contribution in [0.25, 0.3) is 0 Å². The van der Waals surface area contributed by atoms with E-state index in [0.717, 1.165) is 16.9 Å². The fourth-order valence-electron chi connectivity index (χ4n) is 2.35. The highest BCUT2D eigenvalue weighted by molar-refractivity contribution is 5.74. The Kier molecular flexibility index (Phi) is 5.11. The van der Waals surface area contributed by atoms with Crippen LogP contribution in [0.3, 0.4) is 0 Å². The summed E-state index contributed by atoms with van der Waals surface area (Å²) in [7, 11) is 0. The Labute approximate surface area is 136 Å². The summed E-state index contributed by atoms with van der Waals surface area (Å²) in [6, 6.07) is 9.28. The zero-order valence-electron chi connectivity index (χ0n) is 14.1. The molecule has 23 heavy (non-hydrogen) atoms. The smallest absolute Gasteiger partial charge is 0.315 e. The van der Waals surface area contributed by atoms with Crippen LogP contribution in [0.4, 0.5) is 4.79 Å². The van der Waals surface area contributed by atoms with Crippen LogP contribution in [0, 0.1) is 20.8 Å². The van der Waals surface area contributed by atoms with Gasteiger partial charge in [0, 0.05) is 6.54 Å². The average molecular weight is 316 g/mol. The standard InChI is InChI=1S/C18H24N2O3/c1-12-5-7-15(13(2)9-12)10-19-17(21)20-11-18(4,22)16-8-6-14(3)23-16/h5-9,22H,10-11H2,1-4H3,(H2,19,20,21). The molecule has 0 aliphatic rings. The first-order valence-electron chi connectivity index (χ1n) is 7.65. The minimum atomic E-state index is -1.24. The Morgan fingerprint density at radius 3 is 2.52 bits per heavy atom. The summed E-state index contributed by atoms with van der Waals surface area (Å²) < 4.78 is 5.42. The second-order valence-corrected chi connectivity index (χ2v) is 6.15. The lowest BCUT2D eigenvalue weighted by atomic mass is 10.0. The SMILES string of the molecule is Cc1ccc(CNC(=O)NCC(C)(O)c2ccc(C)o2)c(C)c1. The molecule has 3 N–H and O–H groups in total. The number of aryl methyl sites for hydroxylation is 3. The normalized spacial score (nSPS) is 13.4. The van der Waals surface area contributed by atoms with Crippen LogP contribution < -0.4 is 10.6 Å². The quantitative estimate of drug-likeness (QED) is 0.794. The van der Waals surface area contributed by atoms with Gasteiger partial charge >= 0.3 is 6.03 Å². The Balaban J connectivity index is 1.85. The summed E-state index contributed by atoms with van der Waals surface area (Å²) in [5.74, 6) is 1.16. The summed E-state index contributed by atoms with van der Waals surface area (Å²) in [4.78, 5) is 11.9. The number of benzene rings is 1. The maximum Gasteiger partial charge on any atom is 0.315 e. The van der Waals surface area contributed by atoms with E-state index in [-0.39, 0.29) is 12.6 Å². The molecule has 1 atom stereocenters. The van der Waals surface area contributed by atoms with Crippen molar-refractivity contribution in [1.82, 2.24) is 10.6 Å². The van der Waals surface area contributed by atoms with Crippen LogP contribution in [0.2, 0.25) is 0 Å². The van der Waals surface area contributed by atoms with Crippen LogP contribution in [0.5, 0.6) is 0 Å². The lowest BCUT2D eigenvalue weighted by Gasteiger charge is -2.21. The molecule has 5 heteroatoms. The molecule has 1 aromatic carbocycles. The van der Waals surface area contributed by atoms with E-state index in [4.69, 9.17) is 4.42 Å². The molecule has 2 amide bonds. The zero-order valence-corrected chi connectivity index (χ0v) is 14.1. The number of carbonyl (C=O) groups excluding carboxylic acids is 1. The van der Waals surface area contributed by atoms with E-state index in [9.17, 15) is 9.90 Å². The molecule has 1 heterocycles. The second kappa shape index (κ2) is 6.87. The van der Waals surface area contributed by atoms with Gasteiger partial charge < -0.3 is 20.2 Å². The van der Waals surface area contributed by atoms with Gasteiger partial charge in [-0.1, -0.05) is 23.8 Å². The largest absolute Gasteiger partial charge is 0.463 e. The van der Waals surface area contributed by atoms with Crippen molar-refractivity contribution in [3.63, 3.8) is 0 Å². The van der Waals surface area contributed by atoms with E-state index in [2.05, 4.69) is 16.7 Å². The lowest BCUT2D eigenvalue weighted by molar-refractivity contribution is 0.0359. The fourth-order valence-corrected chi connectivity index (χ4v) is 2.35. The predicted octanol–water partition coefficient (Wildman–Crippen LogP) is 2.91. The van der Waals surface area contributed by atoms with Crippen molar-refractivity contribution in [2.24, 2.45) is 0 Å². The molecule has 2 aromatic rings. The molecular weight excluding hydrogens is 292 g/mol. The maximum atomic E-state index is 11.9. The molecule has 0 spiro atoms. The van der Waals surface area contributed by atoms with E-state index in [1.54, 1.807) is 19.1 Å². The Morgan fingerprint density at radius 1 is 1.17 bits per heavy atom. The number of rotatable bonds is 5. The highest BCUT2D eigenvalue weighted by atomic mass is 16.4. The first kappa shape index (κ1) is 17.1. The zero-order chi connectivity index (χ0) is 17.0. The molecular formula is C18H24N2O3. The van der Waals surface area contributed by atoms with Crippen LogP contribution in [0.1, 0.15) is 35.1 Å². The van der Waals surface area contributed by atoms with Gasteiger partial charge in [0.05, 0.1) is 6.54 Å². The summed E-state index contributed by atoms with van der Waals surface area (Å²) in [6.07, 6.45) is 0. The third-order valence-corrected chi connectivity index (χ3v) is 3.80. The molecule has 2 rings (SSSR count). The van der Waals surface area contributed by atoms with Crippen LogP contribution >= 0.6 is 0 Å². The summed E-state index contributed by atoms with van der Waals surface area (Å²) in [5, 5.41) is 15.8. The van der Waals surface area contributed by atoms with E-state index in [0.29, 0.717) is 12.3 Å². The number of aliphatic hydroxyl groups is 1. The number of carbonyl (C=O) groups is 1. The Bertz CT molecular complexity index is 689. The third kappa shape index (κ3) is 4.60. The van der Waals surface area contributed by atoms with E-state index in [1.807, 2.05) is 32.9 Å². The molecule has 5 nitrogen and oxygen atoms in total. The number of hydrogen-bond donors (Lipinski definition) is 3. The summed E-state index contributed by atoms with van der Waals surface area (Å²) >= 11 is 0. The molecule has 124 valence electrons. The predicted molar refractivity (Wildman–Crippen MR) is 89.2 cm³/mol. The minimum absolute atomic E-state index is 0.0681. The Morgan fingerprint density at radius 2 is 1.91 bits per heavy atom. The van der Waals surface area contributed by atoms with Gasteiger partial charge in [-0.05, 0) is 51.0 Å². The maximum absolute atomic E-state index is 11.9. The minimum Gasteiger partial charge on any atom is -0.463 e. The van der Waals surface area contributed by atoms with Crippen molar-refractivity contribution in [2.75, 3.05) is 6.54 Å². The second-order valence-electron chi connectivity index (χ2n) is 6.15. The van der Waals surface area contributed by atoms with Crippen molar-refractivity contribution < 1.29 is 14.3 Å². The number of nitrogens with one attached hydrogen (secondary N) is 2. The number of furan rings is 1. The first-order valence-corrected chi connectivity index (χ1v) is 7.65. The lowest BCUT2D eigenvalue weighted by Crippen LogP contribution is -2.43. The van der Waals surface area contributed by atoms with Gasteiger partial charge in [0.1, 0.15) is 17.1 Å². The third-order valence-electron chi connectivity index (χ3n) is 3.80. The first-order chi connectivity index (χ1) is 10.8. The number of hydrogen-bond acceptors (Lipinski definition) is 3. The van der Waals surface area contributed by atoms with E-state index < -0.39 is 5.60 Å². The monoisotopic (exact) mass is 316 g/mol. The van der Waals surface area contributed by atoms with Crippen molar-refractivity contribution in [2.45, 2.75) is 39.8 Å². The van der Waals surface area contributed by atoms with Gasteiger partial charge in [0.2, 0.25) is 0 Å². The van der Waals surface area contributed by atoms with E-state index >= 15 is 0 Å². The van der Waals surface area contributed by atoms with Crippen molar-refractivity contribution in [1.29, 1.82) is 0 Å². The summed E-state index contributed by atoms with van der Waals surface area (Å²) in [5.41, 5.74) is 2.16. The summed E-state index contributed by atoms with van der Waals surface area (Å²) in [6.45, 7) is 7.99. The van der Waals surface area contributed by atoms with Crippen LogP contribution in [0.15, 0.2) is 34.7 Å². The van der Waals surface area contributed by atoms with E-state index in [1.165, 1.54) is 5.56 Å². The van der Waals surface area contributed by atoms with Gasteiger partial charge in [-0.25, -0.2) is 4.79 Å². The molecule has 0 fully saturated rings. The van der Waals surface area contributed by atoms with Gasteiger partial charge in [0.15, 0.2) is 0 Å². The number of urea groups is 1. The van der Waals surface area contributed by atoms with Crippen molar-refractivity contribution >= 4 is 6.03 Å². The molecule has 0 aliphatic heterocycles. The highest BCUT2D eigenvalue weighted by Gasteiger charge is 2.27. The van der Waals surface area contributed by atoms with Gasteiger partial charge in [-0.3, -0.25) is 0 Å². The average Bonchev–Trinajstić information content (AvgIpc) is 2.92. The van der Waals surface area contributed by atoms with Crippen LogP contribution in [-0.4, -0.2) is 17.7 Å². The molecule has 0 radical (unpaired) electrons. The number of amides is 2. The van der Waals surface area contributed by atoms with Gasteiger partial charge in [0.25, 0.3) is 0 Å². The van der Waals surface area contributed by atoms with Gasteiger partial charge in [-0.15, -0.1) is 0 Å². The molecule has 0 aliphatic carbocycles. The molecule has 0 saturated carbocycles. The van der Waals surface area contributed by atoms with Crippen molar-refractivity contribution in [3.05, 3.63) is 58.5 Å². The molecule has 0 saturated heterocycles. The molecule has 1 aromatic heterocycles. The topological polar surface area (TPSA) is 74.5 Å². The Hall–Kier alpha value is -2.27. The molecule has 1 unspecified atom stereocenters. The van der Waals surface area contributed by atoms with Gasteiger partial charge in [-0.2, -0.15) is 0 Å². The highest BCUT2D eigenvalue weighted by Crippen LogP contribution is 2.21. The molecule has 0 bridgehead atoms. The fraction of sp³-hybridized carbons (Fsp3) is 0.389. The van der Waals surface area contributed by atoms with Crippen molar-refractivity contribution in [3.8, 4) is 0 Å². The van der Waals surface area contributed by atoms with Crippen LogP contribution in [-0.2, 0) is 12.1 Å².